The average molecular weight is 488 g/mol. The Morgan fingerprint density at radius 1 is 0.594 bits per heavy atom. The Balaban J connectivity index is 2.15. The summed E-state index contributed by atoms with van der Waals surface area (Å²) >= 11 is 4.71. The van der Waals surface area contributed by atoms with Crippen molar-refractivity contribution in [2.75, 3.05) is 0 Å². The van der Waals surface area contributed by atoms with E-state index in [1.54, 1.807) is 0 Å². The number of aliphatic hydroxyl groups is 2. The molecule has 1 aromatic heterocycles. The van der Waals surface area contributed by atoms with Crippen LogP contribution in [0.3, 0.4) is 0 Å². The fourth-order valence-corrected chi connectivity index (χ4v) is 6.07. The van der Waals surface area contributed by atoms with Crippen LogP contribution in [-0.4, -0.2) is 32.6 Å². The monoisotopic (exact) mass is 487 g/mol. The first-order valence-corrected chi connectivity index (χ1v) is 15.8. The first-order valence-electron chi connectivity index (χ1n) is 13.5. The minimum atomic E-state index is -0.443. The van der Waals surface area contributed by atoms with E-state index < -0.39 is 9.50 Å². The summed E-state index contributed by atoms with van der Waals surface area (Å²) in [5.74, 6) is 0. The zero-order valence-corrected chi connectivity index (χ0v) is 22.7. The van der Waals surface area contributed by atoms with Crippen molar-refractivity contribution in [3.05, 3.63) is 10.0 Å². The molecule has 0 amide bonds. The zero-order chi connectivity index (χ0) is 23.4. The molecule has 0 saturated heterocycles. The van der Waals surface area contributed by atoms with Crippen molar-refractivity contribution in [1.82, 2.24) is 10.2 Å². The molecule has 2 N–H and O–H groups in total. The van der Waals surface area contributed by atoms with E-state index in [1.165, 1.54) is 89.9 Å². The third kappa shape index (κ3) is 14.9. The van der Waals surface area contributed by atoms with Gasteiger partial charge in [-0.2, -0.15) is 0 Å². The molecule has 32 heavy (non-hydrogen) atoms. The van der Waals surface area contributed by atoms with Crippen LogP contribution in [0, 0.1) is 0 Å². The lowest BCUT2D eigenvalue weighted by atomic mass is 10.0. The van der Waals surface area contributed by atoms with Crippen LogP contribution in [0.15, 0.2) is 0 Å². The maximum absolute atomic E-state index is 10.4. The number of thiol groups is 1. The van der Waals surface area contributed by atoms with Gasteiger partial charge in [0.25, 0.3) is 10.0 Å². The number of rotatable bonds is 22. The number of aromatic nitrogens is 2. The molecule has 6 heteroatoms. The Hall–Kier alpha value is -0.170. The van der Waals surface area contributed by atoms with Gasteiger partial charge in [0, 0.05) is 0 Å². The average Bonchev–Trinajstić information content (AvgIpc) is 3.11. The second kappa shape index (κ2) is 20.2. The minimum Gasteiger partial charge on any atom is -0.393 e. The minimum absolute atomic E-state index is 0.354. The second-order valence-electron chi connectivity index (χ2n) is 9.52. The fourth-order valence-electron chi connectivity index (χ4n) is 4.20. The van der Waals surface area contributed by atoms with Crippen molar-refractivity contribution in [2.45, 2.75) is 154 Å². The van der Waals surface area contributed by atoms with E-state index in [0.29, 0.717) is 12.8 Å². The summed E-state index contributed by atoms with van der Waals surface area (Å²) in [4.78, 5) is 0. The quantitative estimate of drug-likeness (QED) is 0.0676. The topological polar surface area (TPSA) is 66.2 Å². The SMILES string of the molecule is CCCCCCCCCCC(O)Cc1nnc(CC(O)CCCCCCCCCC)[s+]1S. The van der Waals surface area contributed by atoms with Crippen molar-refractivity contribution in [2.24, 2.45) is 0 Å². The largest absolute Gasteiger partial charge is 0.393 e. The maximum Gasteiger partial charge on any atom is 0.277 e. The standard InChI is InChI=1S/C26H51N2O2S2/c1-3-5-7-9-11-13-15-17-19-23(29)21-25-27-28-26(32(25)31)22-24(30)20-18-16-14-12-10-8-6-4-2/h23-24,29-31H,3-22H2,1-2H3/q+1. The molecule has 2 unspecified atom stereocenters. The number of nitrogens with zero attached hydrogens (tertiary/aromatic N) is 2. The Morgan fingerprint density at radius 2 is 0.906 bits per heavy atom. The number of aliphatic hydroxyl groups excluding tert-OH is 2. The van der Waals surface area contributed by atoms with Gasteiger partial charge in [0.1, 0.15) is 11.7 Å². The van der Waals surface area contributed by atoms with E-state index in [-0.39, 0.29) is 12.2 Å². The normalized spacial score (nSPS) is 14.1. The van der Waals surface area contributed by atoms with Crippen LogP contribution in [0.1, 0.15) is 139 Å². The predicted octanol–water partition coefficient (Wildman–Crippen LogP) is 7.79. The van der Waals surface area contributed by atoms with Crippen LogP contribution in [0.25, 0.3) is 0 Å². The highest BCUT2D eigenvalue weighted by Gasteiger charge is 2.26. The summed E-state index contributed by atoms with van der Waals surface area (Å²) in [6, 6.07) is 0. The summed E-state index contributed by atoms with van der Waals surface area (Å²) in [5, 5.41) is 31.1. The van der Waals surface area contributed by atoms with Gasteiger partial charge in [-0.05, 0) is 12.8 Å². The highest BCUT2D eigenvalue weighted by Crippen LogP contribution is 2.33. The molecule has 0 saturated carbocycles. The van der Waals surface area contributed by atoms with E-state index in [2.05, 4.69) is 24.0 Å². The summed E-state index contributed by atoms with van der Waals surface area (Å²) in [7, 11) is -0.443. The molecular weight excluding hydrogens is 436 g/mol. The second-order valence-corrected chi connectivity index (χ2v) is 12.1. The summed E-state index contributed by atoms with van der Waals surface area (Å²) in [6.45, 7) is 4.50. The molecule has 0 fully saturated rings. The molecule has 0 bridgehead atoms. The molecule has 0 aliphatic rings. The van der Waals surface area contributed by atoms with Crippen molar-refractivity contribution in [3.63, 3.8) is 0 Å². The Bertz CT molecular complexity index is 508. The zero-order valence-electron chi connectivity index (χ0n) is 20.9. The van der Waals surface area contributed by atoms with E-state index in [1.807, 2.05) is 0 Å². The lowest BCUT2D eigenvalue weighted by Crippen LogP contribution is -2.10. The first-order chi connectivity index (χ1) is 15.6. The lowest BCUT2D eigenvalue weighted by molar-refractivity contribution is 0.159. The summed E-state index contributed by atoms with van der Waals surface area (Å²) in [5.41, 5.74) is 0. The number of hydrogen-bond donors (Lipinski definition) is 3. The van der Waals surface area contributed by atoms with Gasteiger partial charge in [-0.3, -0.25) is 0 Å². The highest BCUT2D eigenvalue weighted by molar-refractivity contribution is 8.33. The predicted molar refractivity (Wildman–Crippen MR) is 143 cm³/mol. The number of unbranched alkanes of at least 4 members (excludes halogenated alkanes) is 14. The summed E-state index contributed by atoms with van der Waals surface area (Å²) < 4.78 is 0. The smallest absolute Gasteiger partial charge is 0.277 e. The van der Waals surface area contributed by atoms with Gasteiger partial charge >= 0.3 is 0 Å². The molecule has 2 atom stereocenters. The van der Waals surface area contributed by atoms with Gasteiger partial charge in [-0.1, -0.05) is 127 Å². The van der Waals surface area contributed by atoms with Crippen LogP contribution >= 0.6 is 21.2 Å². The fraction of sp³-hybridized carbons (Fsp3) is 0.923. The van der Waals surface area contributed by atoms with Gasteiger partial charge in [-0.15, -0.1) is 0 Å². The van der Waals surface area contributed by atoms with Crippen molar-refractivity contribution >= 4 is 21.2 Å². The molecule has 1 heterocycles. The highest BCUT2D eigenvalue weighted by atomic mass is 33.1. The number of hydrogen-bond acceptors (Lipinski definition) is 5. The van der Waals surface area contributed by atoms with E-state index in [0.717, 1.165) is 35.7 Å². The van der Waals surface area contributed by atoms with Crippen LogP contribution < -0.4 is 0 Å². The molecule has 0 radical (unpaired) electrons. The van der Waals surface area contributed by atoms with Crippen molar-refractivity contribution < 1.29 is 10.2 Å². The van der Waals surface area contributed by atoms with Crippen molar-refractivity contribution in [3.8, 4) is 0 Å². The lowest BCUT2D eigenvalue weighted by Gasteiger charge is -2.07. The molecule has 1 aromatic rings. The third-order valence-electron chi connectivity index (χ3n) is 6.32. The molecule has 0 aromatic carbocycles. The molecule has 188 valence electrons. The Morgan fingerprint density at radius 3 is 1.25 bits per heavy atom. The van der Waals surface area contributed by atoms with Gasteiger partial charge in [0.15, 0.2) is 0 Å². The molecule has 4 nitrogen and oxygen atoms in total. The molecule has 0 spiro atoms. The van der Waals surface area contributed by atoms with Gasteiger partial charge in [0.2, 0.25) is 0 Å². The van der Waals surface area contributed by atoms with Crippen LogP contribution in [0.4, 0.5) is 0 Å². The Labute approximate surface area is 205 Å². The van der Waals surface area contributed by atoms with Crippen molar-refractivity contribution in [1.29, 1.82) is 0 Å². The first kappa shape index (κ1) is 29.9. The van der Waals surface area contributed by atoms with Gasteiger partial charge < -0.3 is 10.2 Å². The molecule has 0 aliphatic carbocycles. The molecular formula is C26H51N2O2S2+. The maximum atomic E-state index is 10.4. The van der Waals surface area contributed by atoms with E-state index in [9.17, 15) is 10.2 Å². The van der Waals surface area contributed by atoms with E-state index >= 15 is 0 Å². The van der Waals surface area contributed by atoms with Crippen LogP contribution in [-0.2, 0) is 12.8 Å². The van der Waals surface area contributed by atoms with E-state index in [4.69, 9.17) is 11.7 Å². The summed E-state index contributed by atoms with van der Waals surface area (Å²) in [6.07, 6.45) is 22.5. The Kier molecular flexibility index (Phi) is 18.9. The molecule has 0 aliphatic heterocycles. The third-order valence-corrected chi connectivity index (χ3v) is 8.98. The van der Waals surface area contributed by atoms with Gasteiger partial charge in [-0.25, -0.2) is 0 Å². The van der Waals surface area contributed by atoms with Gasteiger partial charge in [0.05, 0.1) is 34.6 Å². The molecule has 1 rings (SSSR count). The van der Waals surface area contributed by atoms with Crippen LogP contribution in [0.5, 0.6) is 0 Å². The van der Waals surface area contributed by atoms with Crippen LogP contribution in [0.2, 0.25) is 0 Å².